The van der Waals surface area contributed by atoms with Gasteiger partial charge in [-0.25, -0.2) is 19.1 Å². The van der Waals surface area contributed by atoms with Crippen molar-refractivity contribution in [3.05, 3.63) is 91.1 Å². The highest BCUT2D eigenvalue weighted by atomic mass is 35.5. The van der Waals surface area contributed by atoms with Crippen LogP contribution in [0.3, 0.4) is 0 Å². The average Bonchev–Trinajstić information content (AvgIpc) is 2.74. The van der Waals surface area contributed by atoms with Crippen LogP contribution < -0.4 is 21.5 Å². The summed E-state index contributed by atoms with van der Waals surface area (Å²) >= 11 is 5.85. The lowest BCUT2D eigenvalue weighted by molar-refractivity contribution is -0.122. The molecule has 3 aromatic rings. The van der Waals surface area contributed by atoms with Gasteiger partial charge in [0.2, 0.25) is 5.88 Å². The van der Waals surface area contributed by atoms with E-state index in [1.165, 1.54) is 30.3 Å². The molecule has 1 aromatic heterocycles. The van der Waals surface area contributed by atoms with E-state index in [2.05, 4.69) is 0 Å². The number of halogens is 1. The fourth-order valence-electron chi connectivity index (χ4n) is 3.30. The number of H-pyrrole nitrogens is 1. The molecule has 0 radical (unpaired) electrons. The van der Waals surface area contributed by atoms with E-state index in [1.54, 1.807) is 25.1 Å². The maximum Gasteiger partial charge on any atom is 0.335 e. The Bertz CT molecular complexity index is 1470. The fourth-order valence-corrected chi connectivity index (χ4v) is 3.43. The number of imide groups is 2. The lowest BCUT2D eigenvalue weighted by Gasteiger charge is -2.26. The van der Waals surface area contributed by atoms with Crippen molar-refractivity contribution in [1.82, 2.24) is 14.9 Å². The first-order valence-electron chi connectivity index (χ1n) is 9.49. The molecule has 4 amide bonds. The third-order valence-electron chi connectivity index (χ3n) is 4.86. The Kier molecular flexibility index (Phi) is 5.44. The van der Waals surface area contributed by atoms with Crippen molar-refractivity contribution in [3.8, 4) is 11.6 Å². The van der Waals surface area contributed by atoms with Crippen molar-refractivity contribution in [2.45, 2.75) is 6.92 Å². The number of aromatic amines is 1. The first-order valence-corrected chi connectivity index (χ1v) is 9.87. The average molecular weight is 467 g/mol. The molecule has 4 rings (SSSR count). The van der Waals surface area contributed by atoms with Crippen molar-refractivity contribution in [2.24, 2.45) is 0 Å². The molecule has 0 spiro atoms. The Balaban J connectivity index is 1.86. The Morgan fingerprint density at radius 1 is 0.970 bits per heavy atom. The number of barbiturate groups is 1. The van der Waals surface area contributed by atoms with Crippen molar-refractivity contribution in [2.75, 3.05) is 4.90 Å². The number of anilines is 1. The number of aromatic nitrogens is 2. The van der Waals surface area contributed by atoms with Crippen LogP contribution in [0.25, 0.3) is 11.8 Å². The number of carbonyl (C=O) groups is 3. The summed E-state index contributed by atoms with van der Waals surface area (Å²) in [5.74, 6) is -2.87. The Hall–Kier alpha value is -4.44. The second kappa shape index (κ2) is 8.24. The van der Waals surface area contributed by atoms with E-state index >= 15 is 0 Å². The zero-order valence-electron chi connectivity index (χ0n) is 17.0. The summed E-state index contributed by atoms with van der Waals surface area (Å²) in [6.07, 6.45) is 0.826. The van der Waals surface area contributed by atoms with Crippen LogP contribution in [-0.4, -0.2) is 32.5 Å². The van der Waals surface area contributed by atoms with Gasteiger partial charge in [0.15, 0.2) is 0 Å². The normalized spacial score (nSPS) is 15.2. The second-order valence-electron chi connectivity index (χ2n) is 7.11. The number of hydrogen-bond donors (Lipinski definition) is 3. The number of urea groups is 1. The molecule has 2 heterocycles. The molecular weight excluding hydrogens is 452 g/mol. The maximum absolute atomic E-state index is 13.0. The summed E-state index contributed by atoms with van der Waals surface area (Å²) in [4.78, 5) is 65.3. The minimum atomic E-state index is -1.06. The standard InChI is InChI=1S/C22H15ClN4O6/c1-11-3-2-4-14(9-11)27-20(31)16(18(29)25-22(27)33)10-15-17(28)24-21(32)26(19(15)30)13-7-5-12(23)6-8-13/h2-10,30H,1H3,(H,24,28,32)(H,25,29,33). The number of nitrogens with one attached hydrogen (secondary N) is 2. The van der Waals surface area contributed by atoms with Gasteiger partial charge in [-0.3, -0.25) is 24.7 Å². The molecule has 10 nitrogen and oxygen atoms in total. The summed E-state index contributed by atoms with van der Waals surface area (Å²) in [5.41, 5.74) is -1.94. The summed E-state index contributed by atoms with van der Waals surface area (Å²) in [6, 6.07) is 11.3. The highest BCUT2D eigenvalue weighted by Crippen LogP contribution is 2.25. The van der Waals surface area contributed by atoms with Crippen molar-refractivity contribution >= 4 is 41.2 Å². The van der Waals surface area contributed by atoms with Gasteiger partial charge in [-0.05, 0) is 55.0 Å². The molecule has 1 aliphatic heterocycles. The Morgan fingerprint density at radius 2 is 1.67 bits per heavy atom. The predicted molar refractivity (Wildman–Crippen MR) is 120 cm³/mol. The van der Waals surface area contributed by atoms with E-state index in [4.69, 9.17) is 11.6 Å². The summed E-state index contributed by atoms with van der Waals surface area (Å²) in [5, 5.41) is 13.1. The number of nitrogens with zero attached hydrogens (tertiary/aromatic N) is 2. The molecular formula is C22H15ClN4O6. The van der Waals surface area contributed by atoms with Crippen molar-refractivity contribution in [3.63, 3.8) is 0 Å². The molecule has 0 saturated carbocycles. The number of benzene rings is 2. The van der Waals surface area contributed by atoms with Gasteiger partial charge in [-0.15, -0.1) is 0 Å². The monoisotopic (exact) mass is 466 g/mol. The van der Waals surface area contributed by atoms with Gasteiger partial charge in [0, 0.05) is 5.02 Å². The van der Waals surface area contributed by atoms with Gasteiger partial charge < -0.3 is 5.11 Å². The van der Waals surface area contributed by atoms with E-state index in [9.17, 15) is 29.1 Å². The summed E-state index contributed by atoms with van der Waals surface area (Å²) < 4.78 is 0.777. The van der Waals surface area contributed by atoms with Crippen LogP contribution in [0.4, 0.5) is 10.5 Å². The van der Waals surface area contributed by atoms with Crippen molar-refractivity contribution < 1.29 is 19.5 Å². The zero-order valence-corrected chi connectivity index (χ0v) is 17.7. The van der Waals surface area contributed by atoms with Gasteiger partial charge in [-0.2, -0.15) is 0 Å². The maximum atomic E-state index is 13.0. The molecule has 1 saturated heterocycles. The van der Waals surface area contributed by atoms with Crippen LogP contribution in [0.2, 0.25) is 5.02 Å². The highest BCUT2D eigenvalue weighted by molar-refractivity contribution is 6.39. The van der Waals surface area contributed by atoms with Gasteiger partial charge in [-0.1, -0.05) is 23.7 Å². The molecule has 166 valence electrons. The quantitative estimate of drug-likeness (QED) is 0.397. The Labute approximate surface area is 190 Å². The summed E-state index contributed by atoms with van der Waals surface area (Å²) in [6.45, 7) is 1.76. The van der Waals surface area contributed by atoms with E-state index in [0.717, 1.165) is 21.1 Å². The second-order valence-corrected chi connectivity index (χ2v) is 7.54. The minimum absolute atomic E-state index is 0.175. The molecule has 3 N–H and O–H groups in total. The summed E-state index contributed by atoms with van der Waals surface area (Å²) in [7, 11) is 0. The molecule has 33 heavy (non-hydrogen) atoms. The molecule has 0 unspecified atom stereocenters. The third kappa shape index (κ3) is 3.94. The van der Waals surface area contributed by atoms with E-state index < -0.39 is 46.1 Å². The molecule has 0 bridgehead atoms. The smallest absolute Gasteiger partial charge is 0.335 e. The lowest BCUT2D eigenvalue weighted by atomic mass is 10.1. The fraction of sp³-hybridized carbons (Fsp3) is 0.0455. The molecule has 0 aliphatic carbocycles. The largest absolute Gasteiger partial charge is 0.494 e. The van der Waals surface area contributed by atoms with Crippen LogP contribution in [0.5, 0.6) is 5.88 Å². The molecule has 2 aromatic carbocycles. The minimum Gasteiger partial charge on any atom is -0.494 e. The topological polar surface area (TPSA) is 142 Å². The van der Waals surface area contributed by atoms with E-state index in [-0.39, 0.29) is 11.4 Å². The predicted octanol–water partition coefficient (Wildman–Crippen LogP) is 1.86. The van der Waals surface area contributed by atoms with E-state index in [1.807, 2.05) is 10.3 Å². The number of carbonyl (C=O) groups excluding carboxylic acids is 3. The first kappa shape index (κ1) is 21.8. The number of amides is 4. The lowest BCUT2D eigenvalue weighted by Crippen LogP contribution is -2.54. The van der Waals surface area contributed by atoms with Crippen LogP contribution in [-0.2, 0) is 9.59 Å². The number of aryl methyl sites for hydroxylation is 1. The van der Waals surface area contributed by atoms with Crippen LogP contribution >= 0.6 is 11.6 Å². The molecule has 0 atom stereocenters. The van der Waals surface area contributed by atoms with Crippen LogP contribution in [0, 0.1) is 6.92 Å². The first-order chi connectivity index (χ1) is 15.7. The highest BCUT2D eigenvalue weighted by Gasteiger charge is 2.37. The van der Waals surface area contributed by atoms with Crippen LogP contribution in [0.15, 0.2) is 63.7 Å². The van der Waals surface area contributed by atoms with Gasteiger partial charge in [0.25, 0.3) is 17.4 Å². The third-order valence-corrected chi connectivity index (χ3v) is 5.11. The van der Waals surface area contributed by atoms with Gasteiger partial charge >= 0.3 is 11.7 Å². The zero-order chi connectivity index (χ0) is 23.9. The van der Waals surface area contributed by atoms with Gasteiger partial charge in [0.05, 0.1) is 11.4 Å². The molecule has 1 aliphatic rings. The van der Waals surface area contributed by atoms with E-state index in [0.29, 0.717) is 5.02 Å². The molecule has 1 fully saturated rings. The Morgan fingerprint density at radius 3 is 2.33 bits per heavy atom. The number of rotatable bonds is 3. The molecule has 11 heteroatoms. The SMILES string of the molecule is Cc1cccc(N2C(=O)NC(=O)C(=Cc3c(O)n(-c4ccc(Cl)cc4)c(=O)[nH]c3=O)C2=O)c1. The number of aromatic hydroxyl groups is 1. The number of hydrogen-bond acceptors (Lipinski definition) is 6. The van der Waals surface area contributed by atoms with Crippen molar-refractivity contribution in [1.29, 1.82) is 0 Å². The van der Waals surface area contributed by atoms with Crippen LogP contribution in [0.1, 0.15) is 11.1 Å². The van der Waals surface area contributed by atoms with Gasteiger partial charge in [0.1, 0.15) is 11.1 Å².